The Hall–Kier alpha value is -3.87. The Bertz CT molecular complexity index is 1280. The van der Waals surface area contributed by atoms with Crippen LogP contribution in [0.5, 0.6) is 0 Å². The lowest BCUT2D eigenvalue weighted by molar-refractivity contribution is -0.153. The number of oxazole rings is 1. The van der Waals surface area contributed by atoms with Gasteiger partial charge in [0.25, 0.3) is 5.91 Å². The van der Waals surface area contributed by atoms with Gasteiger partial charge in [0.15, 0.2) is 11.7 Å². The highest BCUT2D eigenvalue weighted by molar-refractivity contribution is 6.03. The van der Waals surface area contributed by atoms with Crippen molar-refractivity contribution in [3.05, 3.63) is 77.3 Å². The highest BCUT2D eigenvalue weighted by Gasteiger charge is 2.19. The fourth-order valence-electron chi connectivity index (χ4n) is 3.31. The molecule has 4 rings (SSSR count). The number of carbonyl (C=O) groups is 2. The summed E-state index contributed by atoms with van der Waals surface area (Å²) in [6.07, 6.45) is -1.04. The van der Waals surface area contributed by atoms with Crippen LogP contribution in [0, 0.1) is 0 Å². The van der Waals surface area contributed by atoms with Gasteiger partial charge in [0, 0.05) is 17.6 Å². The van der Waals surface area contributed by atoms with E-state index in [1.165, 1.54) is 11.5 Å². The van der Waals surface area contributed by atoms with Crippen LogP contribution in [0.4, 0.5) is 5.69 Å². The molecular formula is C23H20N2O5. The van der Waals surface area contributed by atoms with Crippen LogP contribution in [0.2, 0.25) is 0 Å². The summed E-state index contributed by atoms with van der Waals surface area (Å²) in [6, 6.07) is 20.3. The van der Waals surface area contributed by atoms with Gasteiger partial charge in [-0.1, -0.05) is 48.5 Å². The number of esters is 1. The van der Waals surface area contributed by atoms with Gasteiger partial charge in [0.2, 0.25) is 0 Å². The molecule has 1 atom stereocenters. The van der Waals surface area contributed by atoms with Crippen LogP contribution >= 0.6 is 0 Å². The molecule has 0 fully saturated rings. The number of amides is 1. The maximum atomic E-state index is 12.5. The van der Waals surface area contributed by atoms with Gasteiger partial charge < -0.3 is 14.5 Å². The van der Waals surface area contributed by atoms with E-state index in [0.29, 0.717) is 16.8 Å². The van der Waals surface area contributed by atoms with E-state index in [1.807, 2.05) is 36.4 Å². The molecule has 1 aromatic heterocycles. The van der Waals surface area contributed by atoms with Crippen molar-refractivity contribution in [3.8, 4) is 0 Å². The third-order valence-electron chi connectivity index (χ3n) is 4.84. The number of rotatable bonds is 6. The standard InChI is InChI=1S/C23H20N2O5/c1-15(22(27)24-18-10-6-8-16-7-2-3-9-17(16)18)29-21(26)13-14-25-19-11-4-5-12-20(19)30-23(25)28/h2-12,15H,13-14H2,1H3,(H,24,27). The summed E-state index contributed by atoms with van der Waals surface area (Å²) in [7, 11) is 0. The number of ether oxygens (including phenoxy) is 1. The highest BCUT2D eigenvalue weighted by Crippen LogP contribution is 2.23. The molecular weight excluding hydrogens is 384 g/mol. The molecule has 0 saturated carbocycles. The first kappa shape index (κ1) is 19.4. The second kappa shape index (κ2) is 8.24. The predicted molar refractivity (Wildman–Crippen MR) is 113 cm³/mol. The number of aryl methyl sites for hydroxylation is 1. The van der Waals surface area contributed by atoms with Gasteiger partial charge in [-0.3, -0.25) is 14.2 Å². The smallest absolute Gasteiger partial charge is 0.419 e. The summed E-state index contributed by atoms with van der Waals surface area (Å²) in [5.41, 5.74) is 1.72. The Morgan fingerprint density at radius 3 is 2.63 bits per heavy atom. The Morgan fingerprint density at radius 2 is 1.77 bits per heavy atom. The van der Waals surface area contributed by atoms with E-state index in [1.54, 1.807) is 30.3 Å². The molecule has 1 amide bonds. The number of nitrogens with zero attached hydrogens (tertiary/aromatic N) is 1. The number of aromatic nitrogens is 1. The van der Waals surface area contributed by atoms with Gasteiger partial charge in [0.05, 0.1) is 11.9 Å². The minimum Gasteiger partial charge on any atom is -0.452 e. The Morgan fingerprint density at radius 1 is 1.03 bits per heavy atom. The zero-order valence-corrected chi connectivity index (χ0v) is 16.3. The topological polar surface area (TPSA) is 90.5 Å². The number of hydrogen-bond donors (Lipinski definition) is 1. The minimum absolute atomic E-state index is 0.0602. The fraction of sp³-hybridized carbons (Fsp3) is 0.174. The Kier molecular flexibility index (Phi) is 5.34. The molecule has 7 heteroatoms. The lowest BCUT2D eigenvalue weighted by Gasteiger charge is -2.15. The van der Waals surface area contributed by atoms with Crippen molar-refractivity contribution in [2.24, 2.45) is 0 Å². The minimum atomic E-state index is -0.978. The Labute approximate surface area is 171 Å². The number of fused-ring (bicyclic) bond motifs is 2. The van der Waals surface area contributed by atoms with Crippen LogP contribution in [-0.4, -0.2) is 22.5 Å². The van der Waals surface area contributed by atoms with Crippen molar-refractivity contribution in [1.29, 1.82) is 0 Å². The van der Waals surface area contributed by atoms with Crippen LogP contribution in [0.1, 0.15) is 13.3 Å². The molecule has 30 heavy (non-hydrogen) atoms. The maximum Gasteiger partial charge on any atom is 0.419 e. The van der Waals surface area contributed by atoms with Crippen LogP contribution < -0.4 is 11.1 Å². The van der Waals surface area contributed by atoms with Crippen LogP contribution in [-0.2, 0) is 20.9 Å². The summed E-state index contributed by atoms with van der Waals surface area (Å²) in [5.74, 6) is -1.54. The molecule has 0 saturated heterocycles. The number of carbonyl (C=O) groups excluding carboxylic acids is 2. The molecule has 0 aliphatic rings. The zero-order chi connectivity index (χ0) is 21.1. The summed E-state index contributed by atoms with van der Waals surface area (Å²) in [6.45, 7) is 1.62. The molecule has 4 aromatic rings. The predicted octanol–water partition coefficient (Wildman–Crippen LogP) is 3.71. The summed E-state index contributed by atoms with van der Waals surface area (Å²) in [5, 5.41) is 4.71. The normalized spacial score (nSPS) is 12.0. The molecule has 1 N–H and O–H groups in total. The second-order valence-corrected chi connectivity index (χ2v) is 6.89. The zero-order valence-electron chi connectivity index (χ0n) is 16.3. The van der Waals surface area contributed by atoms with Crippen LogP contribution in [0.3, 0.4) is 0 Å². The third-order valence-corrected chi connectivity index (χ3v) is 4.84. The van der Waals surface area contributed by atoms with Gasteiger partial charge in [-0.25, -0.2) is 4.79 Å². The van der Waals surface area contributed by atoms with E-state index in [-0.39, 0.29) is 13.0 Å². The fourth-order valence-corrected chi connectivity index (χ4v) is 3.31. The first-order valence-electron chi connectivity index (χ1n) is 9.59. The first-order chi connectivity index (χ1) is 14.5. The molecule has 0 bridgehead atoms. The van der Waals surface area contributed by atoms with Crippen molar-refractivity contribution < 1.29 is 18.7 Å². The lowest BCUT2D eigenvalue weighted by atomic mass is 10.1. The number of hydrogen-bond acceptors (Lipinski definition) is 5. The molecule has 0 spiro atoms. The van der Waals surface area contributed by atoms with E-state index >= 15 is 0 Å². The molecule has 0 aliphatic heterocycles. The van der Waals surface area contributed by atoms with Crippen molar-refractivity contribution in [1.82, 2.24) is 4.57 Å². The van der Waals surface area contributed by atoms with E-state index in [0.717, 1.165) is 10.8 Å². The molecule has 0 radical (unpaired) electrons. The molecule has 1 heterocycles. The number of benzene rings is 3. The van der Waals surface area contributed by atoms with Gasteiger partial charge in [-0.2, -0.15) is 0 Å². The summed E-state index contributed by atoms with van der Waals surface area (Å²) in [4.78, 5) is 36.7. The van der Waals surface area contributed by atoms with E-state index in [9.17, 15) is 14.4 Å². The van der Waals surface area contributed by atoms with E-state index in [4.69, 9.17) is 9.15 Å². The first-order valence-corrected chi connectivity index (χ1v) is 9.59. The molecule has 152 valence electrons. The average molecular weight is 404 g/mol. The van der Waals surface area contributed by atoms with Gasteiger partial charge >= 0.3 is 11.7 Å². The molecule has 7 nitrogen and oxygen atoms in total. The highest BCUT2D eigenvalue weighted by atomic mass is 16.5. The van der Waals surface area contributed by atoms with E-state index in [2.05, 4.69) is 5.32 Å². The molecule has 3 aromatic carbocycles. The van der Waals surface area contributed by atoms with Gasteiger partial charge in [0.1, 0.15) is 0 Å². The third kappa shape index (κ3) is 3.96. The lowest BCUT2D eigenvalue weighted by Crippen LogP contribution is -2.30. The summed E-state index contributed by atoms with van der Waals surface area (Å²) >= 11 is 0. The van der Waals surface area contributed by atoms with Gasteiger partial charge in [-0.05, 0) is 30.5 Å². The van der Waals surface area contributed by atoms with Gasteiger partial charge in [-0.15, -0.1) is 0 Å². The monoisotopic (exact) mass is 404 g/mol. The number of para-hydroxylation sites is 2. The summed E-state index contributed by atoms with van der Waals surface area (Å²) < 4.78 is 11.8. The van der Waals surface area contributed by atoms with Crippen LogP contribution in [0.15, 0.2) is 75.9 Å². The SMILES string of the molecule is CC(OC(=O)CCn1c(=O)oc2ccccc21)C(=O)Nc1cccc2ccccc12. The molecule has 1 unspecified atom stereocenters. The average Bonchev–Trinajstić information content (AvgIpc) is 3.07. The maximum absolute atomic E-state index is 12.5. The van der Waals surface area contributed by atoms with Crippen molar-refractivity contribution in [2.75, 3.05) is 5.32 Å². The largest absolute Gasteiger partial charge is 0.452 e. The van der Waals surface area contributed by atoms with Crippen molar-refractivity contribution >= 4 is 39.4 Å². The second-order valence-electron chi connectivity index (χ2n) is 6.89. The van der Waals surface area contributed by atoms with E-state index < -0.39 is 23.7 Å². The number of nitrogens with one attached hydrogen (secondary N) is 1. The molecule has 0 aliphatic carbocycles. The number of anilines is 1. The Balaban J connectivity index is 1.37. The van der Waals surface area contributed by atoms with Crippen LogP contribution in [0.25, 0.3) is 21.9 Å². The van der Waals surface area contributed by atoms with Crippen molar-refractivity contribution in [2.45, 2.75) is 26.0 Å². The van der Waals surface area contributed by atoms with Crippen molar-refractivity contribution in [3.63, 3.8) is 0 Å². The quantitative estimate of drug-likeness (QED) is 0.495.